The second kappa shape index (κ2) is 9.71. The van der Waals surface area contributed by atoms with Gasteiger partial charge in [0.2, 0.25) is 5.91 Å². The molecule has 5 nitrogen and oxygen atoms in total. The van der Waals surface area contributed by atoms with Crippen molar-refractivity contribution in [2.75, 3.05) is 39.3 Å². The SMILES string of the molecule is Cl.O=C(Cc1ccc(OC(F)(F)F)cc1)NCCN1CCNCC1. The molecular weight excluding hydrogens is 347 g/mol. The van der Waals surface area contributed by atoms with E-state index in [-0.39, 0.29) is 30.5 Å². The number of hydrogen-bond acceptors (Lipinski definition) is 4. The fourth-order valence-corrected chi connectivity index (χ4v) is 2.35. The molecule has 2 N–H and O–H groups in total. The number of halogens is 4. The van der Waals surface area contributed by atoms with Crippen molar-refractivity contribution in [2.45, 2.75) is 12.8 Å². The van der Waals surface area contributed by atoms with Gasteiger partial charge in [-0.15, -0.1) is 25.6 Å². The first-order valence-electron chi connectivity index (χ1n) is 7.47. The predicted molar refractivity (Wildman–Crippen MR) is 86.4 cm³/mol. The second-order valence-corrected chi connectivity index (χ2v) is 5.31. The summed E-state index contributed by atoms with van der Waals surface area (Å²) in [6, 6.07) is 5.32. The van der Waals surface area contributed by atoms with E-state index < -0.39 is 6.36 Å². The summed E-state index contributed by atoms with van der Waals surface area (Å²) >= 11 is 0. The van der Waals surface area contributed by atoms with Gasteiger partial charge in [-0.05, 0) is 17.7 Å². The molecule has 1 aromatic carbocycles. The van der Waals surface area contributed by atoms with E-state index in [1.54, 1.807) is 0 Å². The Morgan fingerprint density at radius 2 is 1.83 bits per heavy atom. The first-order valence-corrected chi connectivity index (χ1v) is 7.47. The van der Waals surface area contributed by atoms with Gasteiger partial charge in [-0.1, -0.05) is 12.1 Å². The smallest absolute Gasteiger partial charge is 0.406 e. The molecule has 1 fully saturated rings. The molecule has 0 atom stereocenters. The molecule has 136 valence electrons. The lowest BCUT2D eigenvalue weighted by Crippen LogP contribution is -2.46. The molecule has 0 spiro atoms. The van der Waals surface area contributed by atoms with Crippen LogP contribution in [0.15, 0.2) is 24.3 Å². The molecule has 1 saturated heterocycles. The second-order valence-electron chi connectivity index (χ2n) is 5.31. The number of ether oxygens (including phenoxy) is 1. The van der Waals surface area contributed by atoms with Crippen molar-refractivity contribution in [3.05, 3.63) is 29.8 Å². The van der Waals surface area contributed by atoms with Crippen molar-refractivity contribution in [1.82, 2.24) is 15.5 Å². The van der Waals surface area contributed by atoms with Crippen LogP contribution in [-0.4, -0.2) is 56.4 Å². The minimum atomic E-state index is -4.71. The largest absolute Gasteiger partial charge is 0.573 e. The van der Waals surface area contributed by atoms with Crippen LogP contribution in [0.4, 0.5) is 13.2 Å². The Kier molecular flexibility index (Phi) is 8.30. The van der Waals surface area contributed by atoms with Crippen molar-refractivity contribution in [3.8, 4) is 5.75 Å². The van der Waals surface area contributed by atoms with Gasteiger partial charge in [0.05, 0.1) is 6.42 Å². The molecule has 1 aliphatic heterocycles. The number of nitrogens with zero attached hydrogens (tertiary/aromatic N) is 1. The molecule has 9 heteroatoms. The van der Waals surface area contributed by atoms with E-state index in [0.717, 1.165) is 32.7 Å². The summed E-state index contributed by atoms with van der Waals surface area (Å²) < 4.78 is 39.9. The van der Waals surface area contributed by atoms with E-state index in [0.29, 0.717) is 12.1 Å². The van der Waals surface area contributed by atoms with Gasteiger partial charge in [-0.25, -0.2) is 0 Å². The highest BCUT2D eigenvalue weighted by molar-refractivity contribution is 5.85. The zero-order valence-corrected chi connectivity index (χ0v) is 13.9. The summed E-state index contributed by atoms with van der Waals surface area (Å²) in [7, 11) is 0. The van der Waals surface area contributed by atoms with E-state index in [9.17, 15) is 18.0 Å². The molecule has 0 bridgehead atoms. The normalized spacial score (nSPS) is 15.5. The van der Waals surface area contributed by atoms with E-state index in [1.165, 1.54) is 24.3 Å². The lowest BCUT2D eigenvalue weighted by molar-refractivity contribution is -0.274. The molecule has 1 heterocycles. The zero-order valence-electron chi connectivity index (χ0n) is 13.1. The number of rotatable bonds is 6. The molecule has 1 amide bonds. The van der Waals surface area contributed by atoms with Gasteiger partial charge in [0.1, 0.15) is 5.75 Å². The molecule has 1 aromatic rings. The average Bonchev–Trinajstić information content (AvgIpc) is 2.49. The summed E-state index contributed by atoms with van der Waals surface area (Å²) in [6.45, 7) is 5.22. The van der Waals surface area contributed by atoms with Gasteiger partial charge >= 0.3 is 6.36 Å². The lowest BCUT2D eigenvalue weighted by atomic mass is 10.1. The average molecular weight is 368 g/mol. The molecule has 0 radical (unpaired) electrons. The van der Waals surface area contributed by atoms with Crippen LogP contribution in [0.1, 0.15) is 5.56 Å². The number of amides is 1. The van der Waals surface area contributed by atoms with Crippen LogP contribution < -0.4 is 15.4 Å². The maximum absolute atomic E-state index is 12.1. The van der Waals surface area contributed by atoms with Gasteiger partial charge < -0.3 is 15.4 Å². The van der Waals surface area contributed by atoms with Gasteiger partial charge in [-0.2, -0.15) is 0 Å². The number of hydrogen-bond donors (Lipinski definition) is 2. The molecule has 2 rings (SSSR count). The number of carbonyl (C=O) groups is 1. The summed E-state index contributed by atoms with van der Waals surface area (Å²) in [6.07, 6.45) is -4.57. The van der Waals surface area contributed by atoms with E-state index in [2.05, 4.69) is 20.3 Å². The molecule has 0 aliphatic carbocycles. The van der Waals surface area contributed by atoms with Crippen molar-refractivity contribution in [1.29, 1.82) is 0 Å². The number of alkyl halides is 3. The molecular formula is C15H21ClF3N3O2. The summed E-state index contributed by atoms with van der Waals surface area (Å²) in [4.78, 5) is 14.1. The third kappa shape index (κ3) is 7.85. The molecule has 0 unspecified atom stereocenters. The number of carbonyl (C=O) groups excluding carboxylic acids is 1. The van der Waals surface area contributed by atoms with Gasteiger partial charge in [0, 0.05) is 39.3 Å². The summed E-state index contributed by atoms with van der Waals surface area (Å²) in [5.74, 6) is -0.440. The monoisotopic (exact) mass is 367 g/mol. The fraction of sp³-hybridized carbons (Fsp3) is 0.533. The van der Waals surface area contributed by atoms with Gasteiger partial charge in [0.15, 0.2) is 0 Å². The van der Waals surface area contributed by atoms with Gasteiger partial charge in [0.25, 0.3) is 0 Å². The first kappa shape index (κ1) is 20.5. The number of nitrogens with one attached hydrogen (secondary N) is 2. The minimum absolute atomic E-state index is 0. The fourth-order valence-electron chi connectivity index (χ4n) is 2.35. The highest BCUT2D eigenvalue weighted by atomic mass is 35.5. The Hall–Kier alpha value is -1.51. The Balaban J connectivity index is 0.00000288. The Morgan fingerprint density at radius 3 is 2.42 bits per heavy atom. The van der Waals surface area contributed by atoms with E-state index in [4.69, 9.17) is 0 Å². The highest BCUT2D eigenvalue weighted by Crippen LogP contribution is 2.22. The molecule has 0 saturated carbocycles. The third-order valence-electron chi connectivity index (χ3n) is 3.48. The number of piperazine rings is 1. The Morgan fingerprint density at radius 1 is 1.21 bits per heavy atom. The van der Waals surface area contributed by atoms with Crippen molar-refractivity contribution in [3.63, 3.8) is 0 Å². The standard InChI is InChI=1S/C15H20F3N3O2.ClH/c16-15(17,18)23-13-3-1-12(2-4-13)11-14(22)20-7-10-21-8-5-19-6-9-21;/h1-4,19H,5-11H2,(H,20,22);1H. The number of benzene rings is 1. The van der Waals surface area contributed by atoms with Crippen LogP contribution in [0.5, 0.6) is 5.75 Å². The lowest BCUT2D eigenvalue weighted by Gasteiger charge is -2.27. The van der Waals surface area contributed by atoms with Crippen LogP contribution in [-0.2, 0) is 11.2 Å². The Bertz CT molecular complexity index is 506. The molecule has 0 aromatic heterocycles. The van der Waals surface area contributed by atoms with Gasteiger partial charge in [-0.3, -0.25) is 9.69 Å². The van der Waals surface area contributed by atoms with Crippen LogP contribution in [0.2, 0.25) is 0 Å². The first-order chi connectivity index (χ1) is 10.9. The van der Waals surface area contributed by atoms with E-state index >= 15 is 0 Å². The highest BCUT2D eigenvalue weighted by Gasteiger charge is 2.30. The minimum Gasteiger partial charge on any atom is -0.406 e. The third-order valence-corrected chi connectivity index (χ3v) is 3.48. The van der Waals surface area contributed by atoms with Crippen molar-refractivity contribution >= 4 is 18.3 Å². The maximum Gasteiger partial charge on any atom is 0.573 e. The van der Waals surface area contributed by atoms with Crippen LogP contribution in [0.25, 0.3) is 0 Å². The molecule has 1 aliphatic rings. The topological polar surface area (TPSA) is 53.6 Å². The Labute approximate surface area is 144 Å². The summed E-state index contributed by atoms with van der Waals surface area (Å²) in [5, 5.41) is 6.07. The van der Waals surface area contributed by atoms with Crippen LogP contribution >= 0.6 is 12.4 Å². The maximum atomic E-state index is 12.1. The molecule has 24 heavy (non-hydrogen) atoms. The van der Waals surface area contributed by atoms with Crippen molar-refractivity contribution < 1.29 is 22.7 Å². The predicted octanol–water partition coefficient (Wildman–Crippen LogP) is 1.57. The van der Waals surface area contributed by atoms with Crippen molar-refractivity contribution in [2.24, 2.45) is 0 Å². The summed E-state index contributed by atoms with van der Waals surface area (Å²) in [5.41, 5.74) is 0.638. The van der Waals surface area contributed by atoms with Crippen LogP contribution in [0, 0.1) is 0 Å². The quantitative estimate of drug-likeness (QED) is 0.801. The zero-order chi connectivity index (χ0) is 16.7. The van der Waals surface area contributed by atoms with E-state index in [1.807, 2.05) is 0 Å². The van der Waals surface area contributed by atoms with Crippen LogP contribution in [0.3, 0.4) is 0 Å².